The molecule has 0 saturated heterocycles. The lowest BCUT2D eigenvalue weighted by molar-refractivity contribution is -0.118. The lowest BCUT2D eigenvalue weighted by Crippen LogP contribution is -2.19. The topological polar surface area (TPSA) is 76.5 Å². The van der Waals surface area contributed by atoms with Gasteiger partial charge in [0, 0.05) is 22.7 Å². The molecule has 0 spiro atoms. The van der Waals surface area contributed by atoms with Gasteiger partial charge in [0.05, 0.1) is 23.2 Å². The number of para-hydroxylation sites is 1. The summed E-state index contributed by atoms with van der Waals surface area (Å²) in [7, 11) is 0. The van der Waals surface area contributed by atoms with Gasteiger partial charge in [0.25, 0.3) is 0 Å². The third-order valence-corrected chi connectivity index (χ3v) is 5.40. The third-order valence-electron chi connectivity index (χ3n) is 4.35. The molecule has 0 fully saturated rings. The number of pyridine rings is 2. The number of hydrogen-bond donors (Lipinski definition) is 1. The minimum atomic E-state index is -0.176. The Hall–Kier alpha value is -3.71. The van der Waals surface area contributed by atoms with E-state index >= 15 is 0 Å². The Morgan fingerprint density at radius 3 is 2.65 bits per heavy atom. The molecule has 6 nitrogen and oxygen atoms in total. The van der Waals surface area contributed by atoms with Crippen LogP contribution in [0.5, 0.6) is 5.75 Å². The van der Waals surface area contributed by atoms with Crippen LogP contribution in [0.4, 0.5) is 0 Å². The summed E-state index contributed by atoms with van der Waals surface area (Å²) in [6, 6.07) is 23.0. The van der Waals surface area contributed by atoms with Crippen LogP contribution in [0.15, 0.2) is 95.2 Å². The van der Waals surface area contributed by atoms with Crippen molar-refractivity contribution in [2.24, 2.45) is 5.10 Å². The predicted molar refractivity (Wildman–Crippen MR) is 123 cm³/mol. The van der Waals surface area contributed by atoms with Crippen molar-refractivity contribution >= 4 is 34.8 Å². The van der Waals surface area contributed by atoms with Gasteiger partial charge in [-0.05, 0) is 54.1 Å². The summed E-state index contributed by atoms with van der Waals surface area (Å²) in [6.45, 7) is 0.411. The zero-order valence-corrected chi connectivity index (χ0v) is 17.5. The van der Waals surface area contributed by atoms with Crippen molar-refractivity contribution in [2.45, 2.75) is 11.5 Å². The molecule has 0 aliphatic carbocycles. The monoisotopic (exact) mass is 428 g/mol. The number of rotatable bonds is 8. The van der Waals surface area contributed by atoms with Crippen LogP contribution < -0.4 is 10.2 Å². The number of carbonyl (C=O) groups excluding carboxylic acids is 1. The van der Waals surface area contributed by atoms with Crippen molar-refractivity contribution in [3.05, 3.63) is 96.4 Å². The van der Waals surface area contributed by atoms with E-state index in [-0.39, 0.29) is 11.7 Å². The molecule has 0 aliphatic rings. The smallest absolute Gasteiger partial charge is 0.250 e. The molecule has 7 heteroatoms. The van der Waals surface area contributed by atoms with Crippen molar-refractivity contribution in [1.82, 2.24) is 15.4 Å². The fourth-order valence-electron chi connectivity index (χ4n) is 2.84. The van der Waals surface area contributed by atoms with Crippen LogP contribution in [0, 0.1) is 0 Å². The second kappa shape index (κ2) is 10.4. The molecular formula is C24H20N4O2S. The van der Waals surface area contributed by atoms with E-state index in [4.69, 9.17) is 4.74 Å². The van der Waals surface area contributed by atoms with Gasteiger partial charge in [0.15, 0.2) is 0 Å². The fraction of sp³-hybridized carbons (Fsp3) is 0.0833. The first-order valence-electron chi connectivity index (χ1n) is 9.69. The number of carbonyl (C=O) groups is 1. The van der Waals surface area contributed by atoms with E-state index in [9.17, 15) is 4.79 Å². The van der Waals surface area contributed by atoms with E-state index in [0.717, 1.165) is 32.8 Å². The Morgan fingerprint density at radius 2 is 1.81 bits per heavy atom. The zero-order chi connectivity index (χ0) is 21.3. The average molecular weight is 429 g/mol. The summed E-state index contributed by atoms with van der Waals surface area (Å²) in [6.07, 6.45) is 5.10. The van der Waals surface area contributed by atoms with Crippen LogP contribution in [-0.4, -0.2) is 27.8 Å². The Bertz CT molecular complexity index is 1180. The minimum absolute atomic E-state index is 0.176. The van der Waals surface area contributed by atoms with Crippen LogP contribution >= 0.6 is 11.8 Å². The molecule has 1 N–H and O–H groups in total. The van der Waals surface area contributed by atoms with E-state index in [2.05, 4.69) is 20.5 Å². The van der Waals surface area contributed by atoms with Gasteiger partial charge >= 0.3 is 0 Å². The molecule has 4 rings (SSSR count). The summed E-state index contributed by atoms with van der Waals surface area (Å²) in [5.74, 6) is 0.823. The highest BCUT2D eigenvalue weighted by atomic mass is 32.2. The highest BCUT2D eigenvalue weighted by Gasteiger charge is 2.06. The molecule has 4 aromatic rings. The molecule has 0 atom stereocenters. The Morgan fingerprint density at radius 1 is 0.968 bits per heavy atom. The number of fused-ring (bicyclic) bond motifs is 1. The van der Waals surface area contributed by atoms with Crippen molar-refractivity contribution in [3.63, 3.8) is 0 Å². The summed E-state index contributed by atoms with van der Waals surface area (Å²) in [5, 5.41) is 5.09. The standard InChI is InChI=1S/C24H20N4O2S/c29-23(17-31-22-8-3-5-19-6-4-14-26-24(19)22)28-27-15-18-9-11-21(12-10-18)30-16-20-7-1-2-13-25-20/h1-15H,16-17H2,(H,28,29). The van der Waals surface area contributed by atoms with Gasteiger partial charge in [-0.2, -0.15) is 5.10 Å². The molecule has 2 aromatic heterocycles. The maximum atomic E-state index is 12.1. The molecule has 0 saturated carbocycles. The molecule has 0 aliphatic heterocycles. The third kappa shape index (κ3) is 5.90. The van der Waals surface area contributed by atoms with Crippen LogP contribution in [0.2, 0.25) is 0 Å². The quantitative estimate of drug-likeness (QED) is 0.255. The number of thioether (sulfide) groups is 1. The molecule has 2 heterocycles. The SMILES string of the molecule is O=C(CSc1cccc2cccnc12)NN=Cc1ccc(OCc2ccccn2)cc1. The lowest BCUT2D eigenvalue weighted by Gasteiger charge is -2.06. The Labute approximate surface area is 184 Å². The molecule has 154 valence electrons. The molecular weight excluding hydrogens is 408 g/mol. The fourth-order valence-corrected chi connectivity index (χ4v) is 3.67. The first-order chi connectivity index (χ1) is 15.3. The summed E-state index contributed by atoms with van der Waals surface area (Å²) in [5.41, 5.74) is 5.19. The number of hydrogen-bond acceptors (Lipinski definition) is 6. The molecule has 31 heavy (non-hydrogen) atoms. The largest absolute Gasteiger partial charge is 0.487 e. The van der Waals surface area contributed by atoms with E-state index in [0.29, 0.717) is 6.61 Å². The van der Waals surface area contributed by atoms with Gasteiger partial charge in [-0.3, -0.25) is 14.8 Å². The van der Waals surface area contributed by atoms with E-state index in [1.165, 1.54) is 11.8 Å². The van der Waals surface area contributed by atoms with Crippen LogP contribution in [0.25, 0.3) is 10.9 Å². The summed E-state index contributed by atoms with van der Waals surface area (Å²) in [4.78, 5) is 21.7. The molecule has 0 radical (unpaired) electrons. The second-order valence-corrected chi connectivity index (χ2v) is 7.61. The maximum absolute atomic E-state index is 12.1. The normalized spacial score (nSPS) is 11.0. The van der Waals surface area contributed by atoms with Gasteiger partial charge in [0.2, 0.25) is 5.91 Å². The van der Waals surface area contributed by atoms with Crippen molar-refractivity contribution in [3.8, 4) is 5.75 Å². The number of aromatic nitrogens is 2. The summed E-state index contributed by atoms with van der Waals surface area (Å²) < 4.78 is 5.71. The van der Waals surface area contributed by atoms with Gasteiger partial charge in [-0.1, -0.05) is 24.3 Å². The van der Waals surface area contributed by atoms with Crippen LogP contribution in [-0.2, 0) is 11.4 Å². The zero-order valence-electron chi connectivity index (χ0n) is 16.6. The van der Waals surface area contributed by atoms with Crippen molar-refractivity contribution < 1.29 is 9.53 Å². The molecule has 0 unspecified atom stereocenters. The van der Waals surface area contributed by atoms with Gasteiger partial charge in [-0.25, -0.2) is 5.43 Å². The van der Waals surface area contributed by atoms with Crippen molar-refractivity contribution in [1.29, 1.82) is 0 Å². The highest BCUT2D eigenvalue weighted by Crippen LogP contribution is 2.25. The average Bonchev–Trinajstić information content (AvgIpc) is 2.83. The number of benzene rings is 2. The summed E-state index contributed by atoms with van der Waals surface area (Å²) >= 11 is 1.44. The van der Waals surface area contributed by atoms with Gasteiger partial charge in [-0.15, -0.1) is 11.8 Å². The second-order valence-electron chi connectivity index (χ2n) is 6.59. The number of ether oxygens (including phenoxy) is 1. The van der Waals surface area contributed by atoms with Gasteiger partial charge < -0.3 is 4.74 Å². The molecule has 1 amide bonds. The number of amides is 1. The number of nitrogens with one attached hydrogen (secondary N) is 1. The Balaban J connectivity index is 1.25. The molecule has 2 aromatic carbocycles. The maximum Gasteiger partial charge on any atom is 0.250 e. The highest BCUT2D eigenvalue weighted by molar-refractivity contribution is 8.00. The van der Waals surface area contributed by atoms with Crippen LogP contribution in [0.3, 0.4) is 0 Å². The van der Waals surface area contributed by atoms with Crippen molar-refractivity contribution in [2.75, 3.05) is 5.75 Å². The minimum Gasteiger partial charge on any atom is -0.487 e. The molecule has 0 bridgehead atoms. The number of hydrazone groups is 1. The number of nitrogens with zero attached hydrogens (tertiary/aromatic N) is 3. The van der Waals surface area contributed by atoms with E-state index in [1.54, 1.807) is 18.6 Å². The Kier molecular flexibility index (Phi) is 6.87. The van der Waals surface area contributed by atoms with E-state index in [1.807, 2.05) is 72.8 Å². The first-order valence-corrected chi connectivity index (χ1v) is 10.7. The van der Waals surface area contributed by atoms with Crippen LogP contribution in [0.1, 0.15) is 11.3 Å². The first kappa shape index (κ1) is 20.6. The lowest BCUT2D eigenvalue weighted by atomic mass is 10.2. The van der Waals surface area contributed by atoms with E-state index < -0.39 is 0 Å². The van der Waals surface area contributed by atoms with Gasteiger partial charge in [0.1, 0.15) is 12.4 Å². The predicted octanol–water partition coefficient (Wildman–Crippen LogP) is 4.45.